The molecule has 2 heteroatoms. The third kappa shape index (κ3) is 5.42. The normalized spacial score (nSPS) is 14.7. The van der Waals surface area contributed by atoms with Crippen LogP contribution in [-0.4, -0.2) is 0 Å². The molecule has 0 N–H and O–H groups in total. The van der Waals surface area contributed by atoms with Gasteiger partial charge in [0.2, 0.25) is 0 Å². The number of hydrogen-bond donors (Lipinski definition) is 0. The topological polar surface area (TPSA) is 6.48 Å². The Balaban J connectivity index is 1.12. The summed E-state index contributed by atoms with van der Waals surface area (Å²) in [4.78, 5) is 4.89. The van der Waals surface area contributed by atoms with Gasteiger partial charge in [-0.1, -0.05) is 170 Å². The minimum atomic E-state index is 0.0988. The van der Waals surface area contributed by atoms with E-state index in [1.165, 1.54) is 77.4 Å². The van der Waals surface area contributed by atoms with Gasteiger partial charge in [0.25, 0.3) is 0 Å². The lowest BCUT2D eigenvalue weighted by molar-refractivity contribution is 0.677. The SMILES string of the molecule is c1ccc(N(c2ccc3c(c2)C2c4ccccc4-c4ccccc4C2c2cc(N(c4ccccc4)c4cccc5ccccc45)ccc2-3)c2cccc3ccccc23)cc1. The molecule has 0 aliphatic heterocycles. The van der Waals surface area contributed by atoms with Gasteiger partial charge < -0.3 is 9.80 Å². The van der Waals surface area contributed by atoms with Crippen LogP contribution >= 0.6 is 0 Å². The first-order valence-electron chi connectivity index (χ1n) is 20.9. The van der Waals surface area contributed by atoms with Crippen molar-refractivity contribution in [1.82, 2.24) is 0 Å². The van der Waals surface area contributed by atoms with Crippen molar-refractivity contribution in [2.45, 2.75) is 11.8 Å². The Kier molecular flexibility index (Phi) is 8.02. The fourth-order valence-electron chi connectivity index (χ4n) is 10.3. The summed E-state index contributed by atoms with van der Waals surface area (Å²) in [5.74, 6) is 0.198. The summed E-state index contributed by atoms with van der Waals surface area (Å²) in [7, 11) is 0. The van der Waals surface area contributed by atoms with E-state index in [0.29, 0.717) is 0 Å². The van der Waals surface area contributed by atoms with Crippen LogP contribution in [0.2, 0.25) is 0 Å². The lowest BCUT2D eigenvalue weighted by Crippen LogP contribution is -2.25. The van der Waals surface area contributed by atoms with Crippen molar-refractivity contribution in [2.75, 3.05) is 9.80 Å². The maximum absolute atomic E-state index is 2.50. The molecule has 0 spiro atoms. The van der Waals surface area contributed by atoms with E-state index in [1.54, 1.807) is 0 Å². The van der Waals surface area contributed by atoms with Gasteiger partial charge in [-0.2, -0.15) is 0 Å². The van der Waals surface area contributed by atoms with Gasteiger partial charge in [0.1, 0.15) is 0 Å². The van der Waals surface area contributed by atoms with Crippen molar-refractivity contribution in [3.63, 3.8) is 0 Å². The van der Waals surface area contributed by atoms with Gasteiger partial charge in [-0.05, 0) is 116 Å². The predicted molar refractivity (Wildman–Crippen MR) is 252 cm³/mol. The summed E-state index contributed by atoms with van der Waals surface area (Å²) in [5, 5.41) is 4.90. The molecule has 2 aliphatic rings. The molecule has 0 aromatic heterocycles. The average Bonchev–Trinajstić information content (AvgIpc) is 3.32. The minimum Gasteiger partial charge on any atom is -0.310 e. The third-order valence-electron chi connectivity index (χ3n) is 12.8. The molecule has 0 heterocycles. The minimum absolute atomic E-state index is 0.0988. The molecule has 0 bridgehead atoms. The summed E-state index contributed by atoms with van der Waals surface area (Å²) >= 11 is 0. The van der Waals surface area contributed by atoms with Gasteiger partial charge >= 0.3 is 0 Å². The van der Waals surface area contributed by atoms with Crippen molar-refractivity contribution in [1.29, 1.82) is 0 Å². The smallest absolute Gasteiger partial charge is 0.0540 e. The van der Waals surface area contributed by atoms with E-state index in [0.717, 1.165) is 22.7 Å². The average molecular weight is 765 g/mol. The molecule has 12 rings (SSSR count). The van der Waals surface area contributed by atoms with Crippen molar-refractivity contribution in [2.24, 2.45) is 0 Å². The lowest BCUT2D eigenvalue weighted by Gasteiger charge is -2.42. The van der Waals surface area contributed by atoms with E-state index in [2.05, 4.69) is 240 Å². The Morgan fingerprint density at radius 3 is 1.08 bits per heavy atom. The van der Waals surface area contributed by atoms with Gasteiger partial charge in [-0.25, -0.2) is 0 Å². The predicted octanol–water partition coefficient (Wildman–Crippen LogP) is 15.9. The molecule has 2 aliphatic carbocycles. The van der Waals surface area contributed by atoms with E-state index >= 15 is 0 Å². The van der Waals surface area contributed by atoms with Crippen LogP contribution in [0.3, 0.4) is 0 Å². The number of hydrogen-bond acceptors (Lipinski definition) is 2. The van der Waals surface area contributed by atoms with Crippen LogP contribution in [0, 0.1) is 0 Å². The first-order chi connectivity index (χ1) is 29.8. The van der Waals surface area contributed by atoms with Gasteiger partial charge in [-0.3, -0.25) is 0 Å². The second kappa shape index (κ2) is 14.0. The van der Waals surface area contributed by atoms with Gasteiger partial charge in [0, 0.05) is 45.4 Å². The van der Waals surface area contributed by atoms with E-state index in [9.17, 15) is 0 Å². The maximum Gasteiger partial charge on any atom is 0.0540 e. The quantitative estimate of drug-likeness (QED) is 0.166. The zero-order chi connectivity index (χ0) is 39.6. The molecule has 10 aromatic rings. The molecular formula is C58H40N2. The van der Waals surface area contributed by atoms with E-state index in [4.69, 9.17) is 0 Å². The molecule has 0 saturated heterocycles. The lowest BCUT2D eigenvalue weighted by atomic mass is 9.61. The molecule has 2 atom stereocenters. The number of rotatable bonds is 6. The molecule has 0 amide bonds. The molecule has 10 aromatic carbocycles. The summed E-state index contributed by atoms with van der Waals surface area (Å²) in [6.07, 6.45) is 0. The van der Waals surface area contributed by atoms with Gasteiger partial charge in [0.15, 0.2) is 0 Å². The van der Waals surface area contributed by atoms with Crippen molar-refractivity contribution >= 4 is 55.7 Å². The highest BCUT2D eigenvalue weighted by Crippen LogP contribution is 2.60. The fourth-order valence-corrected chi connectivity index (χ4v) is 10.3. The number of nitrogens with zero attached hydrogens (tertiary/aromatic N) is 2. The first kappa shape index (κ1) is 34.4. The number of anilines is 6. The Hall–Kier alpha value is -7.68. The highest BCUT2D eigenvalue weighted by atomic mass is 15.1. The molecule has 2 unspecified atom stereocenters. The van der Waals surface area contributed by atoms with Crippen LogP contribution in [0.1, 0.15) is 34.1 Å². The standard InChI is InChI=1S/C58H40N2/c1-3-21-41(22-4-1)59(55-31-15-19-39-17-7-9-25-45(39)55)43-33-35-49-50-36-34-44(60(42-23-5-2-6-24-42)56-32-16-20-40-18-8-10-26-46(40)56)38-54(50)58-52-30-14-12-28-48(52)47-27-11-13-29-51(47)57(58)53(49)37-43/h1-38,57-58H. The molecule has 2 nitrogen and oxygen atoms in total. The third-order valence-corrected chi connectivity index (χ3v) is 12.8. The molecule has 0 saturated carbocycles. The molecular weight excluding hydrogens is 725 g/mol. The van der Waals surface area contributed by atoms with Crippen LogP contribution in [-0.2, 0) is 0 Å². The first-order valence-corrected chi connectivity index (χ1v) is 20.9. The van der Waals surface area contributed by atoms with E-state index < -0.39 is 0 Å². The number of para-hydroxylation sites is 2. The van der Waals surface area contributed by atoms with E-state index in [1.807, 2.05) is 0 Å². The second-order valence-corrected chi connectivity index (χ2v) is 16.0. The van der Waals surface area contributed by atoms with Gasteiger partial charge in [0.05, 0.1) is 11.4 Å². The largest absolute Gasteiger partial charge is 0.310 e. The molecule has 0 radical (unpaired) electrons. The summed E-state index contributed by atoms with van der Waals surface area (Å²) < 4.78 is 0. The van der Waals surface area contributed by atoms with Crippen LogP contribution in [0.15, 0.2) is 231 Å². The summed E-state index contributed by atoms with van der Waals surface area (Å²) in [6, 6.07) is 85.1. The van der Waals surface area contributed by atoms with Crippen molar-refractivity contribution in [3.8, 4) is 22.3 Å². The van der Waals surface area contributed by atoms with Crippen LogP contribution in [0.25, 0.3) is 43.8 Å². The van der Waals surface area contributed by atoms with Crippen LogP contribution in [0.5, 0.6) is 0 Å². The summed E-state index contributed by atoms with van der Waals surface area (Å²) in [6.45, 7) is 0. The Morgan fingerprint density at radius 2 is 0.617 bits per heavy atom. The Labute approximate surface area is 350 Å². The van der Waals surface area contributed by atoms with Crippen LogP contribution in [0.4, 0.5) is 34.1 Å². The van der Waals surface area contributed by atoms with Crippen molar-refractivity contribution < 1.29 is 0 Å². The summed E-state index contributed by atoms with van der Waals surface area (Å²) in [5.41, 5.74) is 17.6. The van der Waals surface area contributed by atoms with Gasteiger partial charge in [-0.15, -0.1) is 0 Å². The molecule has 60 heavy (non-hydrogen) atoms. The molecule has 0 fully saturated rings. The highest BCUT2D eigenvalue weighted by molar-refractivity contribution is 6.01. The van der Waals surface area contributed by atoms with E-state index in [-0.39, 0.29) is 11.8 Å². The number of fused-ring (bicyclic) bond motifs is 13. The maximum atomic E-state index is 2.50. The van der Waals surface area contributed by atoms with Crippen LogP contribution < -0.4 is 9.80 Å². The van der Waals surface area contributed by atoms with Crippen molar-refractivity contribution in [3.05, 3.63) is 253 Å². The zero-order valence-corrected chi connectivity index (χ0v) is 33.0. The highest BCUT2D eigenvalue weighted by Gasteiger charge is 2.41. The second-order valence-electron chi connectivity index (χ2n) is 16.0. The molecule has 282 valence electrons. The monoisotopic (exact) mass is 764 g/mol. The zero-order valence-electron chi connectivity index (χ0n) is 33.0. The Bertz CT molecular complexity index is 3010. The Morgan fingerprint density at radius 1 is 0.250 bits per heavy atom. The fraction of sp³-hybridized carbons (Fsp3) is 0.0345. The number of benzene rings is 10.